The summed E-state index contributed by atoms with van der Waals surface area (Å²) in [4.78, 5) is 11.9. The molecule has 2 rings (SSSR count). The van der Waals surface area contributed by atoms with Gasteiger partial charge in [-0.2, -0.15) is 0 Å². The minimum atomic E-state index is -0.0502. The van der Waals surface area contributed by atoms with E-state index >= 15 is 0 Å². The molecule has 1 saturated carbocycles. The molecule has 110 valence electrons. The molecule has 0 unspecified atom stereocenters. The Bertz CT molecular complexity index is 450. The molecule has 1 aromatic rings. The molecule has 1 aromatic carbocycles. The first-order valence-corrected chi connectivity index (χ1v) is 7.82. The SMILES string of the molecule is C[C@H]1CCCC[C@H]1NC(=O)NCCc1cccc(Cl)c1. The van der Waals surface area contributed by atoms with E-state index < -0.39 is 0 Å². The second-order valence-corrected chi connectivity index (χ2v) is 6.08. The number of amides is 2. The molecule has 0 aromatic heterocycles. The van der Waals surface area contributed by atoms with Gasteiger partial charge < -0.3 is 10.6 Å². The summed E-state index contributed by atoms with van der Waals surface area (Å²) >= 11 is 5.93. The minimum absolute atomic E-state index is 0.0502. The summed E-state index contributed by atoms with van der Waals surface area (Å²) in [5, 5.41) is 6.75. The smallest absolute Gasteiger partial charge is 0.315 e. The van der Waals surface area contributed by atoms with Crippen LogP contribution in [0.15, 0.2) is 24.3 Å². The Morgan fingerprint density at radius 2 is 2.15 bits per heavy atom. The van der Waals surface area contributed by atoms with Crippen molar-refractivity contribution >= 4 is 17.6 Å². The standard InChI is InChI=1S/C16H23ClN2O/c1-12-5-2-3-8-15(12)19-16(20)18-10-9-13-6-4-7-14(17)11-13/h4,6-7,11-12,15H,2-3,5,8-10H2,1H3,(H2,18,19,20)/t12-,15+/m0/s1. The van der Waals surface area contributed by atoms with Crippen LogP contribution in [0, 0.1) is 5.92 Å². The fourth-order valence-corrected chi connectivity index (χ4v) is 2.98. The number of nitrogens with one attached hydrogen (secondary N) is 2. The molecule has 0 spiro atoms. The Labute approximate surface area is 126 Å². The van der Waals surface area contributed by atoms with E-state index in [0.29, 0.717) is 18.5 Å². The van der Waals surface area contributed by atoms with Crippen LogP contribution in [0.5, 0.6) is 0 Å². The van der Waals surface area contributed by atoms with Gasteiger partial charge in [0.05, 0.1) is 0 Å². The van der Waals surface area contributed by atoms with Gasteiger partial charge in [-0.15, -0.1) is 0 Å². The van der Waals surface area contributed by atoms with Gasteiger partial charge in [0.15, 0.2) is 0 Å². The van der Waals surface area contributed by atoms with Crippen molar-refractivity contribution in [3.05, 3.63) is 34.9 Å². The van der Waals surface area contributed by atoms with Gasteiger partial charge in [0.25, 0.3) is 0 Å². The van der Waals surface area contributed by atoms with Crippen LogP contribution in [0.3, 0.4) is 0 Å². The number of hydrogen-bond acceptors (Lipinski definition) is 1. The number of rotatable bonds is 4. The third-order valence-electron chi connectivity index (χ3n) is 4.02. The summed E-state index contributed by atoms with van der Waals surface area (Å²) in [6, 6.07) is 8.02. The number of halogens is 1. The van der Waals surface area contributed by atoms with Gasteiger partial charge in [0.1, 0.15) is 0 Å². The number of carbonyl (C=O) groups is 1. The molecular formula is C16H23ClN2O. The van der Waals surface area contributed by atoms with E-state index in [1.165, 1.54) is 19.3 Å². The van der Waals surface area contributed by atoms with Crippen LogP contribution >= 0.6 is 11.6 Å². The summed E-state index contributed by atoms with van der Waals surface area (Å²) < 4.78 is 0. The zero-order valence-electron chi connectivity index (χ0n) is 12.0. The van der Waals surface area contributed by atoms with Gasteiger partial charge in [-0.3, -0.25) is 0 Å². The van der Waals surface area contributed by atoms with Crippen molar-refractivity contribution in [3.63, 3.8) is 0 Å². The summed E-state index contributed by atoms with van der Waals surface area (Å²) in [5.74, 6) is 0.586. The predicted molar refractivity (Wildman–Crippen MR) is 83.1 cm³/mol. The highest BCUT2D eigenvalue weighted by Crippen LogP contribution is 2.23. The quantitative estimate of drug-likeness (QED) is 0.872. The zero-order valence-corrected chi connectivity index (χ0v) is 12.7. The number of hydrogen-bond donors (Lipinski definition) is 2. The molecule has 0 bridgehead atoms. The maximum atomic E-state index is 11.9. The van der Waals surface area contributed by atoms with Gasteiger partial charge in [-0.05, 0) is 42.9 Å². The van der Waals surface area contributed by atoms with Gasteiger partial charge in [0, 0.05) is 17.6 Å². The number of carbonyl (C=O) groups excluding carboxylic acids is 1. The van der Waals surface area contributed by atoms with Crippen molar-refractivity contribution in [2.75, 3.05) is 6.54 Å². The van der Waals surface area contributed by atoms with Crippen LogP contribution < -0.4 is 10.6 Å². The third-order valence-corrected chi connectivity index (χ3v) is 4.25. The van der Waals surface area contributed by atoms with Crippen molar-refractivity contribution < 1.29 is 4.79 Å². The van der Waals surface area contributed by atoms with E-state index in [9.17, 15) is 4.79 Å². The maximum Gasteiger partial charge on any atom is 0.315 e. The second kappa shape index (κ2) is 7.53. The minimum Gasteiger partial charge on any atom is -0.338 e. The van der Waals surface area contributed by atoms with Crippen LogP contribution in [-0.4, -0.2) is 18.6 Å². The molecule has 1 aliphatic carbocycles. The van der Waals surface area contributed by atoms with Crippen LogP contribution in [-0.2, 0) is 6.42 Å². The van der Waals surface area contributed by atoms with Crippen LogP contribution in [0.4, 0.5) is 4.79 Å². The molecule has 0 heterocycles. The van der Waals surface area contributed by atoms with Crippen molar-refractivity contribution in [2.45, 2.75) is 45.1 Å². The lowest BCUT2D eigenvalue weighted by Gasteiger charge is -2.29. The lowest BCUT2D eigenvalue weighted by molar-refractivity contribution is 0.222. The average molecular weight is 295 g/mol. The fourth-order valence-electron chi connectivity index (χ4n) is 2.76. The van der Waals surface area contributed by atoms with Crippen LogP contribution in [0.2, 0.25) is 5.02 Å². The molecular weight excluding hydrogens is 272 g/mol. The lowest BCUT2D eigenvalue weighted by Crippen LogP contribution is -2.46. The Morgan fingerprint density at radius 1 is 1.35 bits per heavy atom. The number of benzene rings is 1. The Balaban J connectivity index is 1.70. The van der Waals surface area contributed by atoms with Crippen LogP contribution in [0.25, 0.3) is 0 Å². The molecule has 0 saturated heterocycles. The second-order valence-electron chi connectivity index (χ2n) is 5.65. The van der Waals surface area contributed by atoms with Gasteiger partial charge in [0.2, 0.25) is 0 Å². The van der Waals surface area contributed by atoms with Gasteiger partial charge in [-0.1, -0.05) is 43.5 Å². The Kier molecular flexibility index (Phi) is 5.72. The van der Waals surface area contributed by atoms with E-state index in [4.69, 9.17) is 11.6 Å². The van der Waals surface area contributed by atoms with E-state index in [-0.39, 0.29) is 6.03 Å². The molecule has 2 N–H and O–H groups in total. The van der Waals surface area contributed by atoms with E-state index in [0.717, 1.165) is 23.4 Å². The molecule has 1 aliphatic rings. The molecule has 0 aliphatic heterocycles. The third kappa shape index (κ3) is 4.71. The summed E-state index contributed by atoms with van der Waals surface area (Å²) in [5.41, 5.74) is 1.14. The van der Waals surface area contributed by atoms with Crippen molar-refractivity contribution in [3.8, 4) is 0 Å². The first kappa shape index (κ1) is 15.2. The molecule has 3 nitrogen and oxygen atoms in total. The molecule has 4 heteroatoms. The maximum absolute atomic E-state index is 11.9. The first-order chi connectivity index (χ1) is 9.65. The molecule has 20 heavy (non-hydrogen) atoms. The van der Waals surface area contributed by atoms with Gasteiger partial charge >= 0.3 is 6.03 Å². The predicted octanol–water partition coefficient (Wildman–Crippen LogP) is 3.76. The van der Waals surface area contributed by atoms with Crippen molar-refractivity contribution in [1.82, 2.24) is 10.6 Å². The van der Waals surface area contributed by atoms with E-state index in [1.807, 2.05) is 24.3 Å². The zero-order chi connectivity index (χ0) is 14.4. The highest BCUT2D eigenvalue weighted by atomic mass is 35.5. The van der Waals surface area contributed by atoms with E-state index in [1.54, 1.807) is 0 Å². The van der Waals surface area contributed by atoms with Gasteiger partial charge in [-0.25, -0.2) is 4.79 Å². The summed E-state index contributed by atoms with van der Waals surface area (Å²) in [6.07, 6.45) is 5.62. The summed E-state index contributed by atoms with van der Waals surface area (Å²) in [6.45, 7) is 2.85. The molecule has 1 fully saturated rings. The number of urea groups is 1. The molecule has 0 radical (unpaired) electrons. The monoisotopic (exact) mass is 294 g/mol. The normalized spacial score (nSPS) is 22.3. The average Bonchev–Trinajstić information content (AvgIpc) is 2.41. The Morgan fingerprint density at radius 3 is 2.90 bits per heavy atom. The van der Waals surface area contributed by atoms with Crippen LogP contribution in [0.1, 0.15) is 38.2 Å². The molecule has 2 atom stereocenters. The van der Waals surface area contributed by atoms with Crippen molar-refractivity contribution in [2.24, 2.45) is 5.92 Å². The Hall–Kier alpha value is -1.22. The highest BCUT2D eigenvalue weighted by molar-refractivity contribution is 6.30. The lowest BCUT2D eigenvalue weighted by atomic mass is 9.86. The summed E-state index contributed by atoms with van der Waals surface area (Å²) in [7, 11) is 0. The first-order valence-electron chi connectivity index (χ1n) is 7.44. The molecule has 2 amide bonds. The fraction of sp³-hybridized carbons (Fsp3) is 0.562. The van der Waals surface area contributed by atoms with E-state index in [2.05, 4.69) is 17.6 Å². The topological polar surface area (TPSA) is 41.1 Å². The largest absolute Gasteiger partial charge is 0.338 e. The van der Waals surface area contributed by atoms with Crippen molar-refractivity contribution in [1.29, 1.82) is 0 Å². The highest BCUT2D eigenvalue weighted by Gasteiger charge is 2.22.